The van der Waals surface area contributed by atoms with E-state index < -0.39 is 47.3 Å². The van der Waals surface area contributed by atoms with E-state index in [0.29, 0.717) is 11.1 Å². The van der Waals surface area contributed by atoms with Crippen molar-refractivity contribution in [3.05, 3.63) is 106 Å². The van der Waals surface area contributed by atoms with E-state index in [4.69, 9.17) is 11.6 Å². The minimum Gasteiger partial charge on any atom is -0.481 e. The van der Waals surface area contributed by atoms with Crippen molar-refractivity contribution in [2.75, 3.05) is 13.1 Å². The topological polar surface area (TPSA) is 75.4 Å². The normalized spacial score (nSPS) is 17.5. The number of nitrogens with zero attached hydrogens (tertiary/aromatic N) is 3. The van der Waals surface area contributed by atoms with Crippen molar-refractivity contribution < 1.29 is 41.0 Å². The molecule has 218 valence electrons. The van der Waals surface area contributed by atoms with E-state index in [2.05, 4.69) is 5.10 Å². The van der Waals surface area contributed by atoms with Crippen LogP contribution in [0.4, 0.5) is 26.3 Å². The van der Waals surface area contributed by atoms with Gasteiger partial charge in [0.05, 0.1) is 27.9 Å². The number of hydrogen-bond donors (Lipinski definition) is 1. The molecule has 2 heterocycles. The Balaban J connectivity index is 1.41. The number of benzene rings is 3. The molecule has 3 aromatic carbocycles. The molecule has 1 fully saturated rings. The molecule has 0 aliphatic carbocycles. The zero-order valence-corrected chi connectivity index (χ0v) is 22.1. The number of halogens is 7. The lowest BCUT2D eigenvalue weighted by molar-refractivity contribution is -0.142. The smallest absolute Gasteiger partial charge is 0.435 e. The van der Waals surface area contributed by atoms with Gasteiger partial charge in [0.15, 0.2) is 5.69 Å². The maximum Gasteiger partial charge on any atom is 0.435 e. The van der Waals surface area contributed by atoms with E-state index in [9.17, 15) is 41.0 Å². The van der Waals surface area contributed by atoms with Crippen LogP contribution in [-0.4, -0.2) is 44.8 Å². The van der Waals surface area contributed by atoms with Crippen molar-refractivity contribution in [3.8, 4) is 16.9 Å². The molecule has 4 aromatic rings. The van der Waals surface area contributed by atoms with E-state index in [1.54, 1.807) is 12.1 Å². The van der Waals surface area contributed by atoms with Crippen molar-refractivity contribution >= 4 is 23.5 Å². The van der Waals surface area contributed by atoms with Gasteiger partial charge in [0.2, 0.25) is 0 Å². The molecule has 1 N–H and O–H groups in total. The van der Waals surface area contributed by atoms with Gasteiger partial charge in [0, 0.05) is 30.1 Å². The van der Waals surface area contributed by atoms with Gasteiger partial charge in [-0.25, -0.2) is 4.68 Å². The first-order valence-electron chi connectivity index (χ1n) is 12.5. The Bertz CT molecular complexity index is 1630. The summed E-state index contributed by atoms with van der Waals surface area (Å²) in [5, 5.41) is 13.6. The highest BCUT2D eigenvalue weighted by atomic mass is 35.5. The molecule has 0 spiro atoms. The third-order valence-corrected chi connectivity index (χ3v) is 7.42. The van der Waals surface area contributed by atoms with Crippen LogP contribution in [0.5, 0.6) is 0 Å². The number of aliphatic carboxylic acids is 1. The number of carbonyl (C=O) groups is 2. The van der Waals surface area contributed by atoms with Crippen LogP contribution in [0.3, 0.4) is 0 Å². The number of hydrogen-bond acceptors (Lipinski definition) is 3. The number of alkyl halides is 6. The quantitative estimate of drug-likeness (QED) is 0.244. The van der Waals surface area contributed by atoms with Crippen LogP contribution in [0, 0.1) is 5.92 Å². The minimum absolute atomic E-state index is 0.0445. The van der Waals surface area contributed by atoms with Gasteiger partial charge in [-0.3, -0.25) is 9.59 Å². The van der Waals surface area contributed by atoms with Gasteiger partial charge >= 0.3 is 18.3 Å². The second-order valence-electron chi connectivity index (χ2n) is 9.73. The number of aromatic nitrogens is 2. The van der Waals surface area contributed by atoms with Gasteiger partial charge in [-0.1, -0.05) is 48.0 Å². The molecule has 0 saturated carbocycles. The van der Waals surface area contributed by atoms with Gasteiger partial charge < -0.3 is 10.0 Å². The number of likely N-dealkylation sites (tertiary alicyclic amines) is 1. The third-order valence-electron chi connectivity index (χ3n) is 7.10. The van der Waals surface area contributed by atoms with Crippen LogP contribution >= 0.6 is 11.6 Å². The Morgan fingerprint density at radius 2 is 1.50 bits per heavy atom. The SMILES string of the molecule is O=C(O)[C@@H]1CN(C(=O)c2ccc(-c3cc(C(F)(F)F)nn3-c3ccccc3Cl)cc2)C[C@H]1c1ccc(C(F)(F)F)cc1. The zero-order valence-electron chi connectivity index (χ0n) is 21.3. The number of carboxylic acids is 1. The van der Waals surface area contributed by atoms with Crippen molar-refractivity contribution in [1.29, 1.82) is 0 Å². The Morgan fingerprint density at radius 1 is 0.857 bits per heavy atom. The lowest BCUT2D eigenvalue weighted by atomic mass is 9.88. The van der Waals surface area contributed by atoms with E-state index in [-0.39, 0.29) is 35.1 Å². The average Bonchev–Trinajstić information content (AvgIpc) is 3.59. The molecule has 0 unspecified atom stereocenters. The molecule has 42 heavy (non-hydrogen) atoms. The van der Waals surface area contributed by atoms with E-state index in [0.717, 1.165) is 22.9 Å². The lowest BCUT2D eigenvalue weighted by Crippen LogP contribution is -2.29. The summed E-state index contributed by atoms with van der Waals surface area (Å²) in [5.74, 6) is -3.51. The zero-order chi connectivity index (χ0) is 30.4. The van der Waals surface area contributed by atoms with Gasteiger partial charge in [-0.15, -0.1) is 0 Å². The fourth-order valence-corrected chi connectivity index (χ4v) is 5.19. The van der Waals surface area contributed by atoms with Gasteiger partial charge in [-0.2, -0.15) is 31.4 Å². The summed E-state index contributed by atoms with van der Waals surface area (Å²) in [6, 6.07) is 16.9. The molecule has 2 atom stereocenters. The predicted octanol–water partition coefficient (Wildman–Crippen LogP) is 7.17. The van der Waals surface area contributed by atoms with Crippen molar-refractivity contribution in [3.63, 3.8) is 0 Å². The summed E-state index contributed by atoms with van der Waals surface area (Å²) in [5.41, 5.74) is -0.905. The van der Waals surface area contributed by atoms with Crippen LogP contribution < -0.4 is 0 Å². The molecule has 6 nitrogen and oxygen atoms in total. The van der Waals surface area contributed by atoms with E-state index in [1.807, 2.05) is 0 Å². The Hall–Kier alpha value is -4.32. The third kappa shape index (κ3) is 5.71. The molecule has 1 amide bonds. The maximum absolute atomic E-state index is 13.5. The fourth-order valence-electron chi connectivity index (χ4n) is 4.98. The summed E-state index contributed by atoms with van der Waals surface area (Å²) in [7, 11) is 0. The Kier molecular flexibility index (Phi) is 7.52. The second kappa shape index (κ2) is 10.8. The summed E-state index contributed by atoms with van der Waals surface area (Å²) in [6.45, 7) is -0.215. The maximum atomic E-state index is 13.5. The number of amides is 1. The van der Waals surface area contributed by atoms with E-state index in [1.165, 1.54) is 53.4 Å². The molecular formula is C29H20ClF6N3O3. The summed E-state index contributed by atoms with van der Waals surface area (Å²) >= 11 is 6.21. The molecule has 5 rings (SSSR count). The average molecular weight is 608 g/mol. The standard InChI is InChI=1S/C29H20ClF6N3O3/c30-22-3-1-2-4-23(22)39-24(13-25(37-39)29(34,35)36)17-5-7-18(8-6-17)26(40)38-14-20(21(15-38)27(41)42)16-9-11-19(12-10-16)28(31,32)33/h1-13,20-21H,14-15H2,(H,41,42)/t20-,21+/m0/s1. The monoisotopic (exact) mass is 607 g/mol. The minimum atomic E-state index is -4.72. The van der Waals surface area contributed by atoms with Crippen LogP contribution in [0.1, 0.15) is 33.1 Å². The van der Waals surface area contributed by atoms with E-state index >= 15 is 0 Å². The number of para-hydroxylation sites is 1. The lowest BCUT2D eigenvalue weighted by Gasteiger charge is -2.17. The second-order valence-corrected chi connectivity index (χ2v) is 10.1. The molecular weight excluding hydrogens is 588 g/mol. The highest BCUT2D eigenvalue weighted by molar-refractivity contribution is 6.32. The van der Waals surface area contributed by atoms with Crippen LogP contribution in [0.15, 0.2) is 78.9 Å². The van der Waals surface area contributed by atoms with Crippen molar-refractivity contribution in [2.24, 2.45) is 5.92 Å². The first kappa shape index (κ1) is 29.2. The Morgan fingerprint density at radius 3 is 2.07 bits per heavy atom. The summed E-state index contributed by atoms with van der Waals surface area (Å²) in [6.07, 6.45) is -9.27. The Labute approximate surface area is 239 Å². The molecule has 1 aliphatic heterocycles. The molecule has 13 heteroatoms. The van der Waals surface area contributed by atoms with Gasteiger partial charge in [-0.05, 0) is 48.0 Å². The number of carbonyl (C=O) groups excluding carboxylic acids is 1. The number of carboxylic acid groups (broad SMARTS) is 1. The molecule has 1 aromatic heterocycles. The predicted molar refractivity (Wildman–Crippen MR) is 140 cm³/mol. The molecule has 1 saturated heterocycles. The van der Waals surface area contributed by atoms with Crippen molar-refractivity contribution in [2.45, 2.75) is 18.3 Å². The first-order valence-corrected chi connectivity index (χ1v) is 12.8. The van der Waals surface area contributed by atoms with Gasteiger partial charge in [0.25, 0.3) is 5.91 Å². The van der Waals surface area contributed by atoms with Crippen LogP contribution in [-0.2, 0) is 17.1 Å². The molecule has 0 radical (unpaired) electrons. The molecule has 1 aliphatic rings. The largest absolute Gasteiger partial charge is 0.481 e. The van der Waals surface area contributed by atoms with Crippen LogP contribution in [0.2, 0.25) is 5.02 Å². The summed E-state index contributed by atoms with van der Waals surface area (Å²) in [4.78, 5) is 26.5. The van der Waals surface area contributed by atoms with Crippen molar-refractivity contribution in [1.82, 2.24) is 14.7 Å². The highest BCUT2D eigenvalue weighted by Gasteiger charge is 2.41. The fraction of sp³-hybridized carbons (Fsp3) is 0.207. The molecule has 0 bridgehead atoms. The number of rotatable bonds is 5. The highest BCUT2D eigenvalue weighted by Crippen LogP contribution is 2.37. The first-order chi connectivity index (χ1) is 19.7. The van der Waals surface area contributed by atoms with Crippen LogP contribution in [0.25, 0.3) is 16.9 Å². The van der Waals surface area contributed by atoms with Gasteiger partial charge in [0.1, 0.15) is 0 Å². The summed E-state index contributed by atoms with van der Waals surface area (Å²) < 4.78 is 80.5.